The predicted octanol–water partition coefficient (Wildman–Crippen LogP) is 10.2. The van der Waals surface area contributed by atoms with Gasteiger partial charge in [-0.1, -0.05) is 13.8 Å². The molecule has 0 saturated heterocycles. The van der Waals surface area contributed by atoms with Gasteiger partial charge in [0, 0.05) is 71.7 Å². The number of aromatic nitrogens is 4. The second-order valence-electron chi connectivity index (χ2n) is 17.1. The smallest absolute Gasteiger partial charge is 0.212 e. The van der Waals surface area contributed by atoms with Crippen LogP contribution in [0.4, 0.5) is 8.78 Å². The summed E-state index contributed by atoms with van der Waals surface area (Å²) in [7, 11) is 3.06. The Balaban J connectivity index is 0.000000186. The van der Waals surface area contributed by atoms with E-state index < -0.39 is 11.2 Å². The third kappa shape index (κ3) is 9.98. The normalized spacial score (nSPS) is 22.3. The zero-order valence-corrected chi connectivity index (χ0v) is 35.7. The lowest BCUT2D eigenvalue weighted by molar-refractivity contribution is -0.0473. The maximum atomic E-state index is 13.8. The highest BCUT2D eigenvalue weighted by Gasteiger charge is 2.41. The molecule has 0 spiro atoms. The van der Waals surface area contributed by atoms with Crippen LogP contribution in [0.5, 0.6) is 11.8 Å². The van der Waals surface area contributed by atoms with E-state index in [2.05, 4.69) is 19.9 Å². The van der Waals surface area contributed by atoms with Crippen LogP contribution in [-0.2, 0) is 0 Å². The molecule has 8 rings (SSSR count). The number of methoxy groups -OCH3 is 2. The van der Waals surface area contributed by atoms with E-state index in [9.17, 15) is 28.6 Å². The first kappa shape index (κ1) is 44.3. The minimum absolute atomic E-state index is 0.0335. The summed E-state index contributed by atoms with van der Waals surface area (Å²) in [4.78, 5) is 42.2. The van der Waals surface area contributed by atoms with Gasteiger partial charge in [0.05, 0.1) is 36.5 Å². The molecule has 0 amide bonds. The Morgan fingerprint density at radius 3 is 1.34 bits per heavy atom. The van der Waals surface area contributed by atoms with Crippen molar-refractivity contribution in [3.63, 3.8) is 0 Å². The summed E-state index contributed by atoms with van der Waals surface area (Å²) in [5.74, 6) is 0.452. The Hall–Kier alpha value is -5.72. The lowest BCUT2D eigenvalue weighted by atomic mass is 9.69. The van der Waals surface area contributed by atoms with E-state index >= 15 is 0 Å². The molecule has 0 aliphatic heterocycles. The van der Waals surface area contributed by atoms with Gasteiger partial charge >= 0.3 is 0 Å². The molecule has 4 heterocycles. The number of Topliss-reactive ketones (excluding diaryl/α,β-unsaturated/α-hetero) is 2. The molecule has 10 nitrogen and oxygen atoms in total. The van der Waals surface area contributed by atoms with E-state index in [0.717, 1.165) is 58.6 Å². The third-order valence-corrected chi connectivity index (χ3v) is 13.4. The Morgan fingerprint density at radius 2 is 1.00 bits per heavy atom. The Labute approximate surface area is 360 Å². The number of halogens is 2. The zero-order valence-electron chi connectivity index (χ0n) is 35.7. The fourth-order valence-corrected chi connectivity index (χ4v) is 9.34. The predicted molar refractivity (Wildman–Crippen MR) is 234 cm³/mol. The number of aliphatic hydroxyl groups is 2. The van der Waals surface area contributed by atoms with Crippen molar-refractivity contribution < 1.29 is 38.1 Å². The van der Waals surface area contributed by atoms with Gasteiger partial charge in [0.25, 0.3) is 0 Å². The van der Waals surface area contributed by atoms with E-state index in [1.54, 1.807) is 60.9 Å². The molecule has 2 aromatic carbocycles. The van der Waals surface area contributed by atoms with Crippen LogP contribution in [0, 0.1) is 23.5 Å². The molecule has 2 atom stereocenters. The van der Waals surface area contributed by atoms with Gasteiger partial charge in [-0.2, -0.15) is 0 Å². The first-order valence-electron chi connectivity index (χ1n) is 21.4. The van der Waals surface area contributed by atoms with Gasteiger partial charge in [-0.25, -0.2) is 18.7 Å². The molecule has 6 aromatic rings. The molecular weight excluding hydrogens is 791 g/mol. The van der Waals surface area contributed by atoms with Crippen LogP contribution in [0.1, 0.15) is 122 Å². The minimum Gasteiger partial charge on any atom is -0.481 e. The van der Waals surface area contributed by atoms with Crippen LogP contribution < -0.4 is 9.47 Å². The largest absolute Gasteiger partial charge is 0.481 e. The highest BCUT2D eigenvalue weighted by Crippen LogP contribution is 2.45. The number of carbonyl (C=O) groups excluding carboxylic acids is 2. The van der Waals surface area contributed by atoms with E-state index in [-0.39, 0.29) is 59.7 Å². The average molecular weight is 845 g/mol. The van der Waals surface area contributed by atoms with Crippen LogP contribution in [0.3, 0.4) is 0 Å². The second-order valence-corrected chi connectivity index (χ2v) is 17.1. The number of ketones is 2. The number of hydrogen-bond acceptors (Lipinski definition) is 10. The lowest BCUT2D eigenvalue weighted by Gasteiger charge is -2.40. The molecule has 0 radical (unpaired) electrons. The summed E-state index contributed by atoms with van der Waals surface area (Å²) in [6.07, 6.45) is 12.6. The van der Waals surface area contributed by atoms with E-state index in [0.29, 0.717) is 48.6 Å². The highest BCUT2D eigenvalue weighted by molar-refractivity contribution is 5.96. The monoisotopic (exact) mass is 844 g/mol. The quantitative estimate of drug-likeness (QED) is 0.114. The summed E-state index contributed by atoms with van der Waals surface area (Å²) < 4.78 is 37.7. The molecule has 2 N–H and O–H groups in total. The van der Waals surface area contributed by atoms with Gasteiger partial charge in [0.2, 0.25) is 11.8 Å². The molecule has 324 valence electrons. The van der Waals surface area contributed by atoms with Crippen LogP contribution >= 0.6 is 0 Å². The summed E-state index contributed by atoms with van der Waals surface area (Å²) in [5.41, 5.74) is 3.00. The Bertz CT molecular complexity index is 2330. The molecule has 2 aliphatic carbocycles. The average Bonchev–Trinajstić information content (AvgIpc) is 3.29. The topological polar surface area (TPSA) is 145 Å². The van der Waals surface area contributed by atoms with Crippen LogP contribution in [0.2, 0.25) is 0 Å². The van der Waals surface area contributed by atoms with Crippen LogP contribution in [-0.4, -0.2) is 67.1 Å². The summed E-state index contributed by atoms with van der Waals surface area (Å²) in [6, 6.07) is 20.0. The molecule has 12 heteroatoms. The van der Waals surface area contributed by atoms with E-state index in [4.69, 9.17) is 9.47 Å². The van der Waals surface area contributed by atoms with Gasteiger partial charge in [-0.05, 0) is 147 Å². The van der Waals surface area contributed by atoms with Crippen molar-refractivity contribution in [1.82, 2.24) is 19.9 Å². The van der Waals surface area contributed by atoms with Gasteiger partial charge in [0.15, 0.2) is 11.6 Å². The minimum atomic E-state index is -0.889. The first-order valence-corrected chi connectivity index (χ1v) is 21.4. The fourth-order valence-electron chi connectivity index (χ4n) is 9.34. The number of nitrogens with zero attached hydrogens (tertiary/aromatic N) is 4. The number of fused-ring (bicyclic) bond motifs is 2. The Morgan fingerprint density at radius 1 is 0.613 bits per heavy atom. The van der Waals surface area contributed by atoms with Crippen LogP contribution in [0.25, 0.3) is 21.8 Å². The molecule has 4 aromatic heterocycles. The zero-order chi connectivity index (χ0) is 44.0. The van der Waals surface area contributed by atoms with Gasteiger partial charge in [0.1, 0.15) is 11.6 Å². The SMILES string of the molecule is COc1ccc(C(=O)C[C@@H](C)C2(O)CCC(c3ccnc4ccc(F)cc34)CC2)cn1.COc1ccc(C(=O)C[C@H](C)C2(O)CCC(c3ccnc4ccc(F)cc34)CC2)cn1. The standard InChI is InChI=1S/2C25H27FN2O3/c2*1-16(13-23(29)18-3-6-24(31-2)28-15-18)25(30)10-7-17(8-11-25)20-9-12-27-22-5-4-19(26)14-21(20)22/h2*3-6,9,12,14-17,30H,7-8,10-11,13H2,1-2H3/t2*16-,17?,25?/m10/s1. The lowest BCUT2D eigenvalue weighted by Crippen LogP contribution is -2.41. The van der Waals surface area contributed by atoms with Crippen LogP contribution in [0.15, 0.2) is 97.6 Å². The van der Waals surface area contributed by atoms with Crippen molar-refractivity contribution >= 4 is 33.4 Å². The van der Waals surface area contributed by atoms with Crippen molar-refractivity contribution in [3.05, 3.63) is 131 Å². The molecule has 2 aliphatic rings. The van der Waals surface area contributed by atoms with Gasteiger partial charge in [-0.15, -0.1) is 0 Å². The molecule has 2 saturated carbocycles. The molecular formula is C50H54F2N4O6. The summed E-state index contributed by atoms with van der Waals surface area (Å²) in [5, 5.41) is 24.2. The number of hydrogen-bond donors (Lipinski definition) is 2. The fraction of sp³-hybridized carbons (Fsp3) is 0.400. The number of rotatable bonds is 12. The first-order chi connectivity index (χ1) is 29.8. The molecule has 0 bridgehead atoms. The highest BCUT2D eigenvalue weighted by atomic mass is 19.1. The van der Waals surface area contributed by atoms with Crippen molar-refractivity contribution in [2.24, 2.45) is 11.8 Å². The number of ether oxygens (including phenoxy) is 2. The van der Waals surface area contributed by atoms with Crippen molar-refractivity contribution in [2.75, 3.05) is 14.2 Å². The molecule has 62 heavy (non-hydrogen) atoms. The molecule has 0 unspecified atom stereocenters. The van der Waals surface area contributed by atoms with Crippen molar-refractivity contribution in [3.8, 4) is 11.8 Å². The van der Waals surface area contributed by atoms with Gasteiger partial charge < -0.3 is 19.7 Å². The maximum absolute atomic E-state index is 13.8. The number of benzene rings is 2. The van der Waals surface area contributed by atoms with Gasteiger partial charge in [-0.3, -0.25) is 19.6 Å². The van der Waals surface area contributed by atoms with E-state index in [1.807, 2.05) is 26.0 Å². The number of carbonyl (C=O) groups is 2. The van der Waals surface area contributed by atoms with E-state index in [1.165, 1.54) is 38.7 Å². The maximum Gasteiger partial charge on any atom is 0.212 e. The van der Waals surface area contributed by atoms with Crippen molar-refractivity contribution in [2.45, 2.75) is 101 Å². The third-order valence-electron chi connectivity index (χ3n) is 13.4. The molecule has 2 fully saturated rings. The van der Waals surface area contributed by atoms with Crippen molar-refractivity contribution in [1.29, 1.82) is 0 Å². The Kier molecular flexibility index (Phi) is 13.7. The second kappa shape index (κ2) is 19.1. The summed E-state index contributed by atoms with van der Waals surface area (Å²) in [6.45, 7) is 3.87. The number of pyridine rings is 4. The summed E-state index contributed by atoms with van der Waals surface area (Å²) >= 11 is 0.